The Morgan fingerprint density at radius 1 is 0.939 bits per heavy atom. The van der Waals surface area contributed by atoms with E-state index in [-0.39, 0.29) is 11.6 Å². The van der Waals surface area contributed by atoms with E-state index >= 15 is 0 Å². The third-order valence-corrected chi connectivity index (χ3v) is 12.7. The first-order valence-electron chi connectivity index (χ1n) is 20.6. The lowest BCUT2D eigenvalue weighted by molar-refractivity contribution is 0.0905. The van der Waals surface area contributed by atoms with Crippen LogP contribution in [0.5, 0.6) is 0 Å². The third-order valence-electron chi connectivity index (χ3n) is 9.98. The van der Waals surface area contributed by atoms with Gasteiger partial charge in [-0.15, -0.1) is 54.9 Å². The first-order valence-corrected chi connectivity index (χ1v) is 23.7. The van der Waals surface area contributed by atoms with Crippen LogP contribution in [0.25, 0.3) is 38.7 Å². The standard InChI is InChI=1S/C44H40ClN15O3S3/c45-32-12-6-28(7-13-32)24-59-37-23-34(22-35(47-15-14-46)39(37)53-57-59)65-26-33-25-58(56-51-33)18-20-63-19-16-48-41(61)31-10-8-29(9-11-31)36-27-66-44(50-36)60-42(62)40(52-54-43-49-17-21-64-43)38(55-60)30-4-2-1-3-5-30/h1-13,17,21-23,25,27,47,55H,14-16,18-20,24,26,46H2,(H,48,61). The van der Waals surface area contributed by atoms with Crippen LogP contribution in [-0.4, -0.2) is 88.5 Å². The topological polar surface area (TPSA) is 226 Å². The number of hydrogen-bond acceptors (Lipinski definition) is 16. The van der Waals surface area contributed by atoms with Gasteiger partial charge in [-0.3, -0.25) is 14.7 Å². The number of halogens is 1. The molecule has 0 aliphatic heterocycles. The van der Waals surface area contributed by atoms with Crippen molar-refractivity contribution in [2.75, 3.05) is 38.2 Å². The molecule has 9 rings (SSSR count). The lowest BCUT2D eigenvalue weighted by Gasteiger charge is -2.09. The zero-order valence-corrected chi connectivity index (χ0v) is 38.2. The van der Waals surface area contributed by atoms with Crippen LogP contribution in [0, 0.1) is 0 Å². The monoisotopic (exact) mass is 957 g/mol. The highest BCUT2D eigenvalue weighted by Gasteiger charge is 2.20. The number of thioether (sulfide) groups is 1. The van der Waals surface area contributed by atoms with Crippen LogP contribution >= 0.6 is 46.0 Å². The quantitative estimate of drug-likeness (QED) is 0.0324. The van der Waals surface area contributed by atoms with Crippen LogP contribution in [0.2, 0.25) is 5.02 Å². The number of carbonyl (C=O) groups excluding carboxylic acids is 1. The molecule has 4 aromatic carbocycles. The predicted octanol–water partition coefficient (Wildman–Crippen LogP) is 7.98. The Labute approximate surface area is 393 Å². The van der Waals surface area contributed by atoms with Gasteiger partial charge >= 0.3 is 5.56 Å². The molecule has 334 valence electrons. The van der Waals surface area contributed by atoms with E-state index in [1.165, 1.54) is 27.4 Å². The van der Waals surface area contributed by atoms with Gasteiger partial charge in [0.2, 0.25) is 10.3 Å². The molecule has 22 heteroatoms. The molecule has 5 N–H and O–H groups in total. The first kappa shape index (κ1) is 44.3. The summed E-state index contributed by atoms with van der Waals surface area (Å²) in [6.45, 7) is 3.20. The van der Waals surface area contributed by atoms with Gasteiger partial charge in [0.15, 0.2) is 5.69 Å². The van der Waals surface area contributed by atoms with Crippen LogP contribution < -0.4 is 21.9 Å². The minimum absolute atomic E-state index is 0.150. The van der Waals surface area contributed by atoms with E-state index in [9.17, 15) is 9.59 Å². The molecule has 0 fully saturated rings. The Kier molecular flexibility index (Phi) is 14.1. The highest BCUT2D eigenvalue weighted by molar-refractivity contribution is 7.98. The van der Waals surface area contributed by atoms with Crippen molar-refractivity contribution in [2.45, 2.75) is 23.7 Å². The molecule has 66 heavy (non-hydrogen) atoms. The SMILES string of the molecule is NCCNc1cc(SCc2cn(CCOCCNC(=O)c3ccc(-c4csc(-n5[nH]c(-c6ccccc6)c(N=Nc6nccs6)c5=O)n4)cc3)nn2)cc2c1nnn2Cc1ccc(Cl)cc1. The van der Waals surface area contributed by atoms with Crippen LogP contribution in [-0.2, 0) is 23.6 Å². The van der Waals surface area contributed by atoms with Crippen LogP contribution in [0.4, 0.5) is 16.5 Å². The summed E-state index contributed by atoms with van der Waals surface area (Å²) in [5.74, 6) is 0.380. The number of carbonyl (C=O) groups is 1. The zero-order valence-electron chi connectivity index (χ0n) is 35.0. The van der Waals surface area contributed by atoms with Gasteiger partial charge in [0.05, 0.1) is 54.6 Å². The van der Waals surface area contributed by atoms with E-state index in [4.69, 9.17) is 27.1 Å². The Balaban J connectivity index is 0.740. The largest absolute Gasteiger partial charge is 0.382 e. The van der Waals surface area contributed by atoms with Crippen molar-refractivity contribution in [3.05, 3.63) is 146 Å². The second kappa shape index (κ2) is 21.0. The summed E-state index contributed by atoms with van der Waals surface area (Å²) in [6.07, 6.45) is 3.53. The number of aromatic amines is 1. The van der Waals surface area contributed by atoms with Crippen molar-refractivity contribution in [3.8, 4) is 27.6 Å². The van der Waals surface area contributed by atoms with Gasteiger partial charge in [0, 0.05) is 75.1 Å². The molecule has 5 aromatic heterocycles. The van der Waals surface area contributed by atoms with E-state index in [1.54, 1.807) is 40.2 Å². The summed E-state index contributed by atoms with van der Waals surface area (Å²) in [5, 5.41) is 40.6. The highest BCUT2D eigenvalue weighted by Crippen LogP contribution is 2.33. The number of benzene rings is 4. The number of fused-ring (bicyclic) bond motifs is 1. The van der Waals surface area contributed by atoms with E-state index < -0.39 is 5.56 Å². The number of anilines is 1. The van der Waals surface area contributed by atoms with Crippen molar-refractivity contribution < 1.29 is 9.53 Å². The molecule has 0 unspecified atom stereocenters. The van der Waals surface area contributed by atoms with Gasteiger partial charge in [-0.05, 0) is 42.0 Å². The van der Waals surface area contributed by atoms with Crippen molar-refractivity contribution in [3.63, 3.8) is 0 Å². The minimum atomic E-state index is -0.393. The molecular weight excluding hydrogens is 918 g/mol. The third kappa shape index (κ3) is 10.6. The molecule has 0 aliphatic rings. The lowest BCUT2D eigenvalue weighted by atomic mass is 10.1. The van der Waals surface area contributed by atoms with Crippen LogP contribution in [0.3, 0.4) is 0 Å². The van der Waals surface area contributed by atoms with Crippen molar-refractivity contribution in [1.29, 1.82) is 0 Å². The average Bonchev–Trinajstić information content (AvgIpc) is 4.22. The summed E-state index contributed by atoms with van der Waals surface area (Å²) in [4.78, 5) is 36.5. The van der Waals surface area contributed by atoms with Gasteiger partial charge < -0.3 is 21.1 Å². The second-order valence-corrected chi connectivity index (χ2v) is 17.7. The fourth-order valence-corrected chi connectivity index (χ4v) is 8.94. The molecule has 0 aliphatic carbocycles. The summed E-state index contributed by atoms with van der Waals surface area (Å²) in [5.41, 5.74) is 13.2. The van der Waals surface area contributed by atoms with Crippen LogP contribution in [0.15, 0.2) is 134 Å². The number of aromatic nitrogens is 10. The van der Waals surface area contributed by atoms with Gasteiger partial charge in [-0.2, -0.15) is 4.68 Å². The maximum absolute atomic E-state index is 13.6. The van der Waals surface area contributed by atoms with Gasteiger partial charge in [-0.1, -0.05) is 76.6 Å². The molecule has 1 amide bonds. The number of rotatable bonds is 20. The maximum atomic E-state index is 13.6. The Hall–Kier alpha value is -6.88. The molecule has 0 spiro atoms. The molecule has 0 saturated heterocycles. The molecule has 0 radical (unpaired) electrons. The average molecular weight is 959 g/mol. The van der Waals surface area contributed by atoms with Crippen molar-refractivity contribution in [1.82, 2.24) is 55.1 Å². The number of nitrogens with zero attached hydrogens (tertiary/aromatic N) is 11. The molecule has 0 atom stereocenters. The first-order chi connectivity index (χ1) is 32.4. The van der Waals surface area contributed by atoms with E-state index in [0.29, 0.717) is 83.9 Å². The zero-order chi connectivity index (χ0) is 45.2. The van der Waals surface area contributed by atoms with E-state index in [0.717, 1.165) is 44.0 Å². The predicted molar refractivity (Wildman–Crippen MR) is 258 cm³/mol. The smallest absolute Gasteiger partial charge is 0.301 e. The summed E-state index contributed by atoms with van der Waals surface area (Å²) in [6, 6.07) is 28.4. The van der Waals surface area contributed by atoms with Gasteiger partial charge in [0.25, 0.3) is 5.91 Å². The fourth-order valence-electron chi connectivity index (χ4n) is 6.73. The molecule has 18 nitrogen and oxygen atoms in total. The molecule has 5 heterocycles. The number of azo groups is 1. The Morgan fingerprint density at radius 3 is 2.59 bits per heavy atom. The van der Waals surface area contributed by atoms with Crippen molar-refractivity contribution >= 4 is 79.5 Å². The lowest BCUT2D eigenvalue weighted by Crippen LogP contribution is -2.27. The second-order valence-electron chi connectivity index (χ2n) is 14.5. The summed E-state index contributed by atoms with van der Waals surface area (Å²) in [7, 11) is 0. The number of hydrogen-bond donors (Lipinski definition) is 4. The van der Waals surface area contributed by atoms with E-state index in [2.05, 4.69) is 63.7 Å². The molecule has 0 bridgehead atoms. The summed E-state index contributed by atoms with van der Waals surface area (Å²) < 4.78 is 10.8. The minimum Gasteiger partial charge on any atom is -0.382 e. The van der Waals surface area contributed by atoms with Crippen molar-refractivity contribution in [2.24, 2.45) is 16.0 Å². The van der Waals surface area contributed by atoms with Gasteiger partial charge in [-0.25, -0.2) is 19.3 Å². The Bertz CT molecular complexity index is 3130. The fraction of sp³-hybridized carbons (Fsp3) is 0.182. The highest BCUT2D eigenvalue weighted by atomic mass is 35.5. The molecule has 9 aromatic rings. The number of nitrogens with one attached hydrogen (secondary N) is 3. The van der Waals surface area contributed by atoms with Crippen LogP contribution in [0.1, 0.15) is 21.6 Å². The number of nitrogens with two attached hydrogens (primary N) is 1. The number of thiazole rings is 2. The number of H-pyrrole nitrogens is 1. The number of ether oxygens (including phenoxy) is 1. The van der Waals surface area contributed by atoms with E-state index in [1.807, 2.05) is 83.0 Å². The molecule has 0 saturated carbocycles. The maximum Gasteiger partial charge on any atom is 0.301 e. The molecular formula is C44H40ClN15O3S3. The summed E-state index contributed by atoms with van der Waals surface area (Å²) >= 11 is 10.4. The normalized spacial score (nSPS) is 11.5. The van der Waals surface area contributed by atoms with Gasteiger partial charge in [0.1, 0.15) is 5.52 Å². The Morgan fingerprint density at radius 2 is 1.79 bits per heavy atom. The number of amides is 1.